The van der Waals surface area contributed by atoms with E-state index >= 15 is 0 Å². The molecule has 0 aliphatic heterocycles. The Kier molecular flexibility index (Phi) is 10.2. The molecule has 5 N–H and O–H groups in total. The summed E-state index contributed by atoms with van der Waals surface area (Å²) >= 11 is 0. The number of nitrogens with two attached hydrogens (primary N) is 1. The first-order chi connectivity index (χ1) is 18.7. The van der Waals surface area contributed by atoms with Gasteiger partial charge in [0.25, 0.3) is 5.91 Å². The van der Waals surface area contributed by atoms with Crippen LogP contribution in [0.4, 0.5) is 4.79 Å². The maximum Gasteiger partial charge on any atom is 0.407 e. The number of carbonyl (C=O) groups is 3. The highest BCUT2D eigenvalue weighted by Gasteiger charge is 2.28. The van der Waals surface area contributed by atoms with E-state index < -0.39 is 24.0 Å². The lowest BCUT2D eigenvalue weighted by Crippen LogP contribution is -2.42. The Morgan fingerprint density at radius 3 is 2.28 bits per heavy atom. The van der Waals surface area contributed by atoms with Crippen molar-refractivity contribution in [2.24, 2.45) is 11.7 Å². The highest BCUT2D eigenvalue weighted by Crippen LogP contribution is 2.22. The quantitative estimate of drug-likeness (QED) is 0.167. The monoisotopic (exact) mass is 530 g/mol. The minimum Gasteiger partial charge on any atom is -0.469 e. The molecule has 9 nitrogen and oxygen atoms in total. The lowest BCUT2D eigenvalue weighted by Gasteiger charge is -2.23. The van der Waals surface area contributed by atoms with Gasteiger partial charge in [0.05, 0.1) is 19.6 Å². The molecule has 0 fully saturated rings. The summed E-state index contributed by atoms with van der Waals surface area (Å²) in [5.41, 5.74) is 10.2. The fourth-order valence-electron chi connectivity index (χ4n) is 4.16. The molecule has 0 aliphatic carbocycles. The van der Waals surface area contributed by atoms with Gasteiger partial charge in [0, 0.05) is 23.7 Å². The Morgan fingerprint density at radius 1 is 0.923 bits per heavy atom. The zero-order valence-corrected chi connectivity index (χ0v) is 22.3. The van der Waals surface area contributed by atoms with E-state index in [2.05, 4.69) is 10.6 Å². The molecule has 2 atom stereocenters. The van der Waals surface area contributed by atoms with Crippen molar-refractivity contribution < 1.29 is 23.9 Å². The molecule has 9 heteroatoms. The third kappa shape index (κ3) is 8.16. The Morgan fingerprint density at radius 2 is 1.62 bits per heavy atom. The SMILES string of the molecule is CCOC(=O)NCc1cccc(-c2ccc(C(=O)N[C@H](C)[C@@H](Cc3cccc(C(=N)N)c3)C(=O)OC)cc2)c1. The predicted molar refractivity (Wildman–Crippen MR) is 149 cm³/mol. The molecule has 3 aromatic carbocycles. The number of hydrogen-bond donors (Lipinski definition) is 4. The van der Waals surface area contributed by atoms with Crippen molar-refractivity contribution in [3.63, 3.8) is 0 Å². The summed E-state index contributed by atoms with van der Waals surface area (Å²) in [7, 11) is 1.32. The number of nitrogens with one attached hydrogen (secondary N) is 3. The number of benzene rings is 3. The van der Waals surface area contributed by atoms with Gasteiger partial charge < -0.3 is 25.8 Å². The highest BCUT2D eigenvalue weighted by atomic mass is 16.5. The molecule has 0 saturated heterocycles. The molecule has 0 spiro atoms. The Balaban J connectivity index is 1.68. The Hall–Kier alpha value is -4.66. The third-order valence-electron chi connectivity index (χ3n) is 6.28. The predicted octanol–water partition coefficient (Wildman–Crippen LogP) is 4.03. The van der Waals surface area contributed by atoms with E-state index in [0.717, 1.165) is 22.3 Å². The van der Waals surface area contributed by atoms with Gasteiger partial charge in [-0.2, -0.15) is 0 Å². The molecule has 0 saturated carbocycles. The second-order valence-corrected chi connectivity index (χ2v) is 9.06. The average Bonchev–Trinajstić information content (AvgIpc) is 2.95. The minimum absolute atomic E-state index is 0.0589. The number of carbonyl (C=O) groups excluding carboxylic acids is 3. The van der Waals surface area contributed by atoms with Crippen molar-refractivity contribution in [2.45, 2.75) is 32.9 Å². The van der Waals surface area contributed by atoms with Crippen molar-refractivity contribution in [3.8, 4) is 11.1 Å². The molecule has 3 rings (SSSR count). The summed E-state index contributed by atoms with van der Waals surface area (Å²) in [5.74, 6) is -1.45. The molecule has 3 aromatic rings. The molecule has 0 aliphatic rings. The van der Waals surface area contributed by atoms with Crippen molar-refractivity contribution in [1.29, 1.82) is 5.41 Å². The van der Waals surface area contributed by atoms with Crippen LogP contribution < -0.4 is 16.4 Å². The van der Waals surface area contributed by atoms with Gasteiger partial charge >= 0.3 is 12.1 Å². The summed E-state index contributed by atoms with van der Waals surface area (Å²) in [5, 5.41) is 13.3. The van der Waals surface area contributed by atoms with Crippen LogP contribution in [0.3, 0.4) is 0 Å². The summed E-state index contributed by atoms with van der Waals surface area (Å²) in [6, 6.07) is 21.5. The summed E-state index contributed by atoms with van der Waals surface area (Å²) in [4.78, 5) is 37.1. The van der Waals surface area contributed by atoms with Crippen molar-refractivity contribution in [2.75, 3.05) is 13.7 Å². The maximum atomic E-state index is 13.0. The molecule has 0 heterocycles. The molecule has 0 aromatic heterocycles. The van der Waals surface area contributed by atoms with Crippen LogP contribution >= 0.6 is 0 Å². The molecule has 2 amide bonds. The van der Waals surface area contributed by atoms with Gasteiger partial charge in [0.1, 0.15) is 5.84 Å². The molecule has 0 radical (unpaired) electrons. The standard InChI is InChI=1S/C30H34N4O5/c1-4-39-30(37)33-18-21-8-6-9-24(16-21)22-11-13-23(14-12-22)28(35)34-19(2)26(29(36)38-3)17-20-7-5-10-25(15-20)27(31)32/h5-16,19,26H,4,17-18H2,1-3H3,(H3,31,32)(H,33,37)(H,34,35)/t19-,26-/m1/s1. The van der Waals surface area contributed by atoms with Gasteiger partial charge in [-0.15, -0.1) is 0 Å². The van der Waals surface area contributed by atoms with Crippen LogP contribution in [0.1, 0.15) is 40.9 Å². The lowest BCUT2D eigenvalue weighted by molar-refractivity contribution is -0.146. The topological polar surface area (TPSA) is 144 Å². The molecule has 204 valence electrons. The van der Waals surface area contributed by atoms with Gasteiger partial charge in [-0.25, -0.2) is 4.79 Å². The number of amides is 2. The Bertz CT molecular complexity index is 1320. The van der Waals surface area contributed by atoms with Crippen molar-refractivity contribution in [1.82, 2.24) is 10.6 Å². The zero-order valence-electron chi connectivity index (χ0n) is 22.3. The third-order valence-corrected chi connectivity index (χ3v) is 6.28. The van der Waals surface area contributed by atoms with Crippen LogP contribution in [0.5, 0.6) is 0 Å². The second-order valence-electron chi connectivity index (χ2n) is 9.06. The van der Waals surface area contributed by atoms with Crippen LogP contribution in [0.25, 0.3) is 11.1 Å². The normalized spacial score (nSPS) is 12.1. The number of methoxy groups -OCH3 is 1. The number of amidine groups is 1. The molecular weight excluding hydrogens is 496 g/mol. The van der Waals surface area contributed by atoms with E-state index in [-0.39, 0.29) is 11.7 Å². The smallest absolute Gasteiger partial charge is 0.407 e. The summed E-state index contributed by atoms with van der Waals surface area (Å²) in [6.07, 6.45) is -0.151. The fraction of sp³-hybridized carbons (Fsp3) is 0.267. The summed E-state index contributed by atoms with van der Waals surface area (Å²) < 4.78 is 9.89. The molecule has 0 bridgehead atoms. The number of ether oxygens (including phenoxy) is 2. The fourth-order valence-corrected chi connectivity index (χ4v) is 4.16. The number of alkyl carbamates (subject to hydrolysis) is 1. The van der Waals surface area contributed by atoms with Crippen LogP contribution in [0.2, 0.25) is 0 Å². The molecular formula is C30H34N4O5. The number of esters is 1. The van der Waals surface area contributed by atoms with Crippen LogP contribution in [0, 0.1) is 11.3 Å². The molecule has 0 unspecified atom stereocenters. The first-order valence-corrected chi connectivity index (χ1v) is 12.6. The first kappa shape index (κ1) is 28.9. The van der Waals surface area contributed by atoms with Gasteiger partial charge in [-0.1, -0.05) is 48.5 Å². The average molecular weight is 531 g/mol. The Labute approximate surface area is 228 Å². The van der Waals surface area contributed by atoms with E-state index in [1.54, 1.807) is 44.2 Å². The van der Waals surface area contributed by atoms with Gasteiger partial charge in [-0.05, 0) is 66.8 Å². The van der Waals surface area contributed by atoms with E-state index in [4.69, 9.17) is 20.6 Å². The largest absolute Gasteiger partial charge is 0.469 e. The van der Waals surface area contributed by atoms with Crippen LogP contribution in [-0.4, -0.2) is 43.6 Å². The zero-order chi connectivity index (χ0) is 28.4. The van der Waals surface area contributed by atoms with Gasteiger partial charge in [0.15, 0.2) is 0 Å². The first-order valence-electron chi connectivity index (χ1n) is 12.6. The van der Waals surface area contributed by atoms with Crippen LogP contribution in [-0.2, 0) is 27.2 Å². The summed E-state index contributed by atoms with van der Waals surface area (Å²) in [6.45, 7) is 4.16. The van der Waals surface area contributed by atoms with Crippen molar-refractivity contribution >= 4 is 23.8 Å². The minimum atomic E-state index is -0.633. The number of nitrogen functional groups attached to an aromatic ring is 1. The van der Waals surface area contributed by atoms with Crippen LogP contribution in [0.15, 0.2) is 72.8 Å². The number of hydrogen-bond acceptors (Lipinski definition) is 6. The second kappa shape index (κ2) is 13.8. The highest BCUT2D eigenvalue weighted by molar-refractivity contribution is 5.95. The van der Waals surface area contributed by atoms with Crippen molar-refractivity contribution in [3.05, 3.63) is 95.1 Å². The maximum absolute atomic E-state index is 13.0. The number of rotatable bonds is 11. The molecule has 39 heavy (non-hydrogen) atoms. The van der Waals surface area contributed by atoms with Gasteiger partial charge in [0.2, 0.25) is 0 Å². The van der Waals surface area contributed by atoms with E-state index in [1.165, 1.54) is 7.11 Å². The lowest BCUT2D eigenvalue weighted by atomic mass is 9.92. The van der Waals surface area contributed by atoms with E-state index in [0.29, 0.717) is 30.7 Å². The van der Waals surface area contributed by atoms with E-state index in [1.807, 2.05) is 42.5 Å². The van der Waals surface area contributed by atoms with E-state index in [9.17, 15) is 14.4 Å². The van der Waals surface area contributed by atoms with Gasteiger partial charge in [-0.3, -0.25) is 15.0 Å².